The molecule has 0 amide bonds. The van der Waals surface area contributed by atoms with Gasteiger partial charge in [-0.1, -0.05) is 18.2 Å². The maximum Gasteiger partial charge on any atom is 0.121 e. The smallest absolute Gasteiger partial charge is 0.121 e. The van der Waals surface area contributed by atoms with Crippen molar-refractivity contribution in [1.29, 1.82) is 5.26 Å². The monoisotopic (exact) mass is 223 g/mol. The van der Waals surface area contributed by atoms with Gasteiger partial charge in [0.05, 0.1) is 11.6 Å². The lowest BCUT2D eigenvalue weighted by Crippen LogP contribution is -2.19. The minimum absolute atomic E-state index is 0.308. The maximum atomic E-state index is 9.12. The molecule has 2 rings (SSSR count). The Balaban J connectivity index is 2.34. The second-order valence-corrected chi connectivity index (χ2v) is 3.71. The Labute approximate surface area is 100 Å². The number of hydrogen-bond acceptors (Lipinski definition) is 3. The summed E-state index contributed by atoms with van der Waals surface area (Å²) in [7, 11) is 0. The summed E-state index contributed by atoms with van der Waals surface area (Å²) in [6.45, 7) is 4.24. The van der Waals surface area contributed by atoms with Gasteiger partial charge in [-0.05, 0) is 23.8 Å². The number of rotatable bonds is 4. The molecule has 1 N–H and O–H groups in total. The Kier molecular flexibility index (Phi) is 3.49. The molecule has 0 fully saturated rings. The summed E-state index contributed by atoms with van der Waals surface area (Å²) in [5.74, 6) is 0. The Morgan fingerprint density at radius 3 is 3.12 bits per heavy atom. The van der Waals surface area contributed by atoms with Crippen LogP contribution in [-0.2, 0) is 0 Å². The average molecular weight is 223 g/mol. The van der Waals surface area contributed by atoms with Crippen LogP contribution in [0.4, 0.5) is 0 Å². The van der Waals surface area contributed by atoms with Crippen molar-refractivity contribution in [2.75, 3.05) is 6.54 Å². The predicted octanol–water partition coefficient (Wildman–Crippen LogP) is 2.58. The zero-order valence-corrected chi connectivity index (χ0v) is 9.43. The van der Waals surface area contributed by atoms with E-state index in [0.29, 0.717) is 6.54 Å². The Morgan fingerprint density at radius 2 is 2.35 bits per heavy atom. The molecule has 3 nitrogen and oxygen atoms in total. The Bertz CT molecular complexity index is 569. The molecule has 17 heavy (non-hydrogen) atoms. The molecule has 2 aromatic rings. The second-order valence-electron chi connectivity index (χ2n) is 3.71. The molecular weight excluding hydrogens is 210 g/mol. The second kappa shape index (κ2) is 5.24. The van der Waals surface area contributed by atoms with Crippen molar-refractivity contribution >= 4 is 10.9 Å². The lowest BCUT2D eigenvalue weighted by atomic mass is 10.1. The van der Waals surface area contributed by atoms with Crippen molar-refractivity contribution in [3.8, 4) is 6.07 Å². The Hall–Kier alpha value is -2.18. The third kappa shape index (κ3) is 2.49. The van der Waals surface area contributed by atoms with Gasteiger partial charge in [0, 0.05) is 18.1 Å². The third-order valence-corrected chi connectivity index (χ3v) is 2.56. The molecule has 1 unspecified atom stereocenters. The molecule has 1 aromatic heterocycles. The van der Waals surface area contributed by atoms with Gasteiger partial charge in [0.2, 0.25) is 0 Å². The van der Waals surface area contributed by atoms with Crippen molar-refractivity contribution < 1.29 is 0 Å². The topological polar surface area (TPSA) is 48.7 Å². The van der Waals surface area contributed by atoms with Crippen LogP contribution < -0.4 is 5.32 Å². The highest BCUT2D eigenvalue weighted by atomic mass is 14.9. The SMILES string of the molecule is C=CCNC(C#N)c1ccc2ncccc2c1. The molecule has 1 heterocycles. The standard InChI is InChI=1S/C14H13N3/c1-2-7-16-14(10-15)12-5-6-13-11(9-12)4-3-8-17-13/h2-6,8-9,14,16H,1,7H2. The molecule has 0 radical (unpaired) electrons. The lowest BCUT2D eigenvalue weighted by Gasteiger charge is -2.10. The van der Waals surface area contributed by atoms with Crippen LogP contribution in [0.15, 0.2) is 49.2 Å². The largest absolute Gasteiger partial charge is 0.295 e. The average Bonchev–Trinajstić information content (AvgIpc) is 2.39. The highest BCUT2D eigenvalue weighted by Gasteiger charge is 2.09. The number of pyridine rings is 1. The molecule has 0 saturated carbocycles. The van der Waals surface area contributed by atoms with Crippen LogP contribution in [0, 0.1) is 11.3 Å². The quantitative estimate of drug-likeness (QED) is 0.810. The van der Waals surface area contributed by atoms with Crippen molar-refractivity contribution in [3.63, 3.8) is 0 Å². The molecule has 1 aromatic carbocycles. The number of benzene rings is 1. The van der Waals surface area contributed by atoms with E-state index in [2.05, 4.69) is 22.9 Å². The van der Waals surface area contributed by atoms with E-state index >= 15 is 0 Å². The fraction of sp³-hybridized carbons (Fsp3) is 0.143. The summed E-state index contributed by atoms with van der Waals surface area (Å²) in [6, 6.07) is 11.7. The number of nitriles is 1. The van der Waals surface area contributed by atoms with E-state index in [1.54, 1.807) is 12.3 Å². The highest BCUT2D eigenvalue weighted by molar-refractivity contribution is 5.79. The molecule has 0 bridgehead atoms. The summed E-state index contributed by atoms with van der Waals surface area (Å²) < 4.78 is 0. The minimum atomic E-state index is -0.308. The number of fused-ring (bicyclic) bond motifs is 1. The van der Waals surface area contributed by atoms with Crippen molar-refractivity contribution in [2.45, 2.75) is 6.04 Å². The maximum absolute atomic E-state index is 9.12. The van der Waals surface area contributed by atoms with Crippen molar-refractivity contribution in [2.24, 2.45) is 0 Å². The van der Waals surface area contributed by atoms with Crippen LogP contribution in [0.2, 0.25) is 0 Å². The summed E-state index contributed by atoms with van der Waals surface area (Å²) in [4.78, 5) is 4.25. The van der Waals surface area contributed by atoms with Gasteiger partial charge in [0.15, 0.2) is 0 Å². The Morgan fingerprint density at radius 1 is 1.47 bits per heavy atom. The molecule has 1 atom stereocenters. The zero-order valence-electron chi connectivity index (χ0n) is 9.43. The van der Waals surface area contributed by atoms with Gasteiger partial charge >= 0.3 is 0 Å². The molecule has 0 aliphatic rings. The summed E-state index contributed by atoms with van der Waals surface area (Å²) in [6.07, 6.45) is 3.51. The molecule has 3 heteroatoms. The summed E-state index contributed by atoms with van der Waals surface area (Å²) in [5.41, 5.74) is 1.89. The van der Waals surface area contributed by atoms with Crippen LogP contribution in [0.3, 0.4) is 0 Å². The molecule has 0 aliphatic heterocycles. The summed E-state index contributed by atoms with van der Waals surface area (Å²) >= 11 is 0. The lowest BCUT2D eigenvalue weighted by molar-refractivity contribution is 0.684. The normalized spacial score (nSPS) is 11.9. The summed E-state index contributed by atoms with van der Waals surface area (Å²) in [5, 5.41) is 13.3. The van der Waals surface area contributed by atoms with Crippen LogP contribution in [-0.4, -0.2) is 11.5 Å². The molecule has 0 aliphatic carbocycles. The first kappa shape index (κ1) is 11.3. The fourth-order valence-corrected chi connectivity index (χ4v) is 1.71. The molecular formula is C14H13N3. The van der Waals surface area contributed by atoms with Gasteiger partial charge in [-0.2, -0.15) is 5.26 Å². The first-order chi connectivity index (χ1) is 8.35. The number of nitrogens with one attached hydrogen (secondary N) is 1. The van der Waals surface area contributed by atoms with Crippen LogP contribution in [0.25, 0.3) is 10.9 Å². The van der Waals surface area contributed by atoms with Gasteiger partial charge in [0.1, 0.15) is 6.04 Å². The highest BCUT2D eigenvalue weighted by Crippen LogP contribution is 2.18. The van der Waals surface area contributed by atoms with E-state index in [-0.39, 0.29) is 6.04 Å². The van der Waals surface area contributed by atoms with E-state index in [9.17, 15) is 0 Å². The number of aromatic nitrogens is 1. The van der Waals surface area contributed by atoms with Gasteiger partial charge in [0.25, 0.3) is 0 Å². The van der Waals surface area contributed by atoms with E-state index in [1.807, 2.05) is 30.3 Å². The van der Waals surface area contributed by atoms with E-state index in [4.69, 9.17) is 5.26 Å². The number of hydrogen-bond donors (Lipinski definition) is 1. The fourth-order valence-electron chi connectivity index (χ4n) is 1.71. The van der Waals surface area contributed by atoms with Crippen LogP contribution >= 0.6 is 0 Å². The predicted molar refractivity (Wildman–Crippen MR) is 68.3 cm³/mol. The van der Waals surface area contributed by atoms with Crippen molar-refractivity contribution in [1.82, 2.24) is 10.3 Å². The first-order valence-electron chi connectivity index (χ1n) is 5.43. The number of nitrogens with zero attached hydrogens (tertiary/aromatic N) is 2. The van der Waals surface area contributed by atoms with E-state index in [0.717, 1.165) is 16.5 Å². The molecule has 0 spiro atoms. The molecule has 0 saturated heterocycles. The zero-order chi connectivity index (χ0) is 12.1. The van der Waals surface area contributed by atoms with Gasteiger partial charge in [-0.3, -0.25) is 10.3 Å². The van der Waals surface area contributed by atoms with Gasteiger partial charge in [-0.25, -0.2) is 0 Å². The van der Waals surface area contributed by atoms with Gasteiger partial charge < -0.3 is 0 Å². The van der Waals surface area contributed by atoms with Crippen LogP contribution in [0.5, 0.6) is 0 Å². The third-order valence-electron chi connectivity index (χ3n) is 2.56. The molecule has 84 valence electrons. The van der Waals surface area contributed by atoms with Crippen LogP contribution in [0.1, 0.15) is 11.6 Å². The van der Waals surface area contributed by atoms with Gasteiger partial charge in [-0.15, -0.1) is 6.58 Å². The minimum Gasteiger partial charge on any atom is -0.295 e. The van der Waals surface area contributed by atoms with E-state index < -0.39 is 0 Å². The van der Waals surface area contributed by atoms with E-state index in [1.165, 1.54) is 0 Å². The first-order valence-corrected chi connectivity index (χ1v) is 5.43. The van der Waals surface area contributed by atoms with Crippen molar-refractivity contribution in [3.05, 3.63) is 54.7 Å².